The van der Waals surface area contributed by atoms with Gasteiger partial charge in [-0.05, 0) is 32.0 Å². The Balaban J connectivity index is 2.31. The Morgan fingerprint density at radius 3 is 2.50 bits per heavy atom. The van der Waals surface area contributed by atoms with Gasteiger partial charge in [0.15, 0.2) is 0 Å². The summed E-state index contributed by atoms with van der Waals surface area (Å²) in [4.78, 5) is 24.3. The zero-order valence-corrected chi connectivity index (χ0v) is 9.96. The lowest BCUT2D eigenvalue weighted by Gasteiger charge is -2.28. The minimum absolute atomic E-state index is 0.0351. The van der Waals surface area contributed by atoms with Crippen molar-refractivity contribution in [1.82, 2.24) is 10.2 Å². The van der Waals surface area contributed by atoms with Crippen molar-refractivity contribution in [3.05, 3.63) is 35.4 Å². The van der Waals surface area contributed by atoms with Crippen molar-refractivity contribution in [2.24, 2.45) is 0 Å². The zero-order valence-electron chi connectivity index (χ0n) is 9.96. The molecular weight excluding hydrogens is 242 g/mol. The Labute approximate surface area is 103 Å². The van der Waals surface area contributed by atoms with Crippen LogP contribution in [0, 0.1) is 11.6 Å². The van der Waals surface area contributed by atoms with Gasteiger partial charge in [-0.15, -0.1) is 0 Å². The first-order valence-corrected chi connectivity index (χ1v) is 5.39. The lowest BCUT2D eigenvalue weighted by molar-refractivity contribution is -0.125. The molecule has 1 aliphatic heterocycles. The van der Waals surface area contributed by atoms with E-state index in [2.05, 4.69) is 5.32 Å². The third kappa shape index (κ3) is 1.94. The van der Waals surface area contributed by atoms with Gasteiger partial charge < -0.3 is 4.90 Å². The van der Waals surface area contributed by atoms with Crippen LogP contribution in [0.4, 0.5) is 13.6 Å². The van der Waals surface area contributed by atoms with Crippen LogP contribution in [0.1, 0.15) is 19.4 Å². The molecule has 0 radical (unpaired) electrons. The van der Waals surface area contributed by atoms with Crippen molar-refractivity contribution in [1.29, 1.82) is 0 Å². The van der Waals surface area contributed by atoms with Crippen molar-refractivity contribution in [3.63, 3.8) is 0 Å². The van der Waals surface area contributed by atoms with Gasteiger partial charge >= 0.3 is 6.03 Å². The molecule has 1 N–H and O–H groups in total. The summed E-state index contributed by atoms with van der Waals surface area (Å²) in [5, 5.41) is 2.14. The molecule has 0 spiro atoms. The molecule has 0 aliphatic carbocycles. The molecule has 1 fully saturated rings. The van der Waals surface area contributed by atoms with Gasteiger partial charge in [0.1, 0.15) is 17.2 Å². The Morgan fingerprint density at radius 1 is 1.28 bits per heavy atom. The highest BCUT2D eigenvalue weighted by atomic mass is 19.1. The van der Waals surface area contributed by atoms with E-state index >= 15 is 0 Å². The topological polar surface area (TPSA) is 49.4 Å². The van der Waals surface area contributed by atoms with E-state index in [4.69, 9.17) is 0 Å². The van der Waals surface area contributed by atoms with Crippen molar-refractivity contribution in [2.45, 2.75) is 25.9 Å². The molecule has 1 aromatic rings. The minimum Gasteiger partial charge on any atom is -0.306 e. The van der Waals surface area contributed by atoms with Gasteiger partial charge in [-0.1, -0.05) is 0 Å². The number of halogens is 2. The van der Waals surface area contributed by atoms with Gasteiger partial charge in [0, 0.05) is 5.56 Å². The highest BCUT2D eigenvalue weighted by Crippen LogP contribution is 2.24. The van der Waals surface area contributed by atoms with Gasteiger partial charge in [0.25, 0.3) is 5.91 Å². The number of urea groups is 1. The standard InChI is InChI=1S/C12H12F2N2O2/c1-12(2)10(17)15-11(18)16(12)6-7-5-8(13)3-4-9(7)14/h3-5H,6H2,1-2H3,(H,15,17,18). The third-order valence-corrected chi connectivity index (χ3v) is 3.03. The second-order valence-corrected chi connectivity index (χ2v) is 4.64. The molecule has 4 nitrogen and oxygen atoms in total. The summed E-state index contributed by atoms with van der Waals surface area (Å²) < 4.78 is 26.5. The number of carbonyl (C=O) groups is 2. The Kier molecular flexibility index (Phi) is 2.80. The van der Waals surface area contributed by atoms with Gasteiger partial charge in [-0.25, -0.2) is 13.6 Å². The van der Waals surface area contributed by atoms with E-state index in [1.807, 2.05) is 0 Å². The summed E-state index contributed by atoms with van der Waals surface area (Å²) >= 11 is 0. The summed E-state index contributed by atoms with van der Waals surface area (Å²) in [6.45, 7) is 2.93. The maximum atomic E-state index is 13.5. The monoisotopic (exact) mass is 254 g/mol. The second-order valence-electron chi connectivity index (χ2n) is 4.64. The molecule has 18 heavy (non-hydrogen) atoms. The van der Waals surface area contributed by atoms with E-state index in [1.54, 1.807) is 13.8 Å². The summed E-state index contributed by atoms with van der Waals surface area (Å²) in [5.41, 5.74) is -1.04. The highest BCUT2D eigenvalue weighted by molar-refractivity contribution is 6.06. The van der Waals surface area contributed by atoms with E-state index in [-0.39, 0.29) is 12.1 Å². The first kappa shape index (κ1) is 12.5. The van der Waals surface area contributed by atoms with Crippen LogP contribution in [0.2, 0.25) is 0 Å². The Bertz CT molecular complexity index is 529. The van der Waals surface area contributed by atoms with Crippen molar-refractivity contribution < 1.29 is 18.4 Å². The maximum absolute atomic E-state index is 13.5. The van der Waals surface area contributed by atoms with Gasteiger partial charge in [-0.2, -0.15) is 0 Å². The molecule has 0 atom stereocenters. The number of carbonyl (C=O) groups excluding carboxylic acids is 2. The quantitative estimate of drug-likeness (QED) is 0.818. The molecule has 6 heteroatoms. The number of hydrogen-bond acceptors (Lipinski definition) is 2. The average molecular weight is 254 g/mol. The fourth-order valence-electron chi connectivity index (χ4n) is 1.80. The van der Waals surface area contributed by atoms with E-state index in [1.165, 1.54) is 4.90 Å². The molecule has 2 rings (SSSR count). The Morgan fingerprint density at radius 2 is 1.94 bits per heavy atom. The number of amides is 3. The molecule has 0 saturated carbocycles. The highest BCUT2D eigenvalue weighted by Gasteiger charge is 2.45. The van der Waals surface area contributed by atoms with Crippen molar-refractivity contribution in [3.8, 4) is 0 Å². The van der Waals surface area contributed by atoms with E-state index in [0.29, 0.717) is 0 Å². The Hall–Kier alpha value is -1.98. The molecule has 1 saturated heterocycles. The molecular formula is C12H12F2N2O2. The van der Waals surface area contributed by atoms with E-state index < -0.39 is 29.1 Å². The van der Waals surface area contributed by atoms with E-state index in [9.17, 15) is 18.4 Å². The first-order chi connectivity index (χ1) is 8.32. The third-order valence-electron chi connectivity index (χ3n) is 3.03. The SMILES string of the molecule is CC1(C)C(=O)NC(=O)N1Cc1cc(F)ccc1F. The normalized spacial score (nSPS) is 18.1. The van der Waals surface area contributed by atoms with Crippen molar-refractivity contribution in [2.75, 3.05) is 0 Å². The average Bonchev–Trinajstić information content (AvgIpc) is 2.46. The van der Waals surface area contributed by atoms with Crippen LogP contribution < -0.4 is 5.32 Å². The second kappa shape index (κ2) is 4.04. The fraction of sp³-hybridized carbons (Fsp3) is 0.333. The number of hydrogen-bond donors (Lipinski definition) is 1. The largest absolute Gasteiger partial charge is 0.325 e. The minimum atomic E-state index is -1.07. The molecule has 0 unspecified atom stereocenters. The zero-order chi connectivity index (χ0) is 13.5. The van der Waals surface area contributed by atoms with Gasteiger partial charge in [-0.3, -0.25) is 10.1 Å². The van der Waals surface area contributed by atoms with Gasteiger partial charge in [0.2, 0.25) is 0 Å². The first-order valence-electron chi connectivity index (χ1n) is 5.39. The van der Waals surface area contributed by atoms with Gasteiger partial charge in [0.05, 0.1) is 6.54 Å². The summed E-state index contributed by atoms with van der Waals surface area (Å²) in [7, 11) is 0. The summed E-state index contributed by atoms with van der Waals surface area (Å²) in [6.07, 6.45) is 0. The van der Waals surface area contributed by atoms with Crippen LogP contribution in [0.3, 0.4) is 0 Å². The fourth-order valence-corrected chi connectivity index (χ4v) is 1.80. The summed E-state index contributed by atoms with van der Waals surface area (Å²) in [6, 6.07) is 2.40. The van der Waals surface area contributed by atoms with E-state index in [0.717, 1.165) is 18.2 Å². The van der Waals surface area contributed by atoms with Crippen LogP contribution in [0.5, 0.6) is 0 Å². The molecule has 96 valence electrons. The molecule has 1 aromatic carbocycles. The lowest BCUT2D eigenvalue weighted by Crippen LogP contribution is -2.43. The lowest BCUT2D eigenvalue weighted by atomic mass is 10.0. The number of benzene rings is 1. The van der Waals surface area contributed by atoms with Crippen LogP contribution in [0.15, 0.2) is 18.2 Å². The number of nitrogens with zero attached hydrogens (tertiary/aromatic N) is 1. The summed E-state index contributed by atoms with van der Waals surface area (Å²) in [5.74, 6) is -1.65. The molecule has 1 heterocycles. The predicted molar refractivity (Wildman–Crippen MR) is 59.5 cm³/mol. The van der Waals surface area contributed by atoms with Crippen molar-refractivity contribution >= 4 is 11.9 Å². The molecule has 3 amide bonds. The van der Waals surface area contributed by atoms with Crippen LogP contribution >= 0.6 is 0 Å². The molecule has 0 bridgehead atoms. The van der Waals surface area contributed by atoms with Crippen LogP contribution in [0.25, 0.3) is 0 Å². The van der Waals surface area contributed by atoms with Crippen LogP contribution in [-0.4, -0.2) is 22.4 Å². The number of rotatable bonds is 2. The predicted octanol–water partition coefficient (Wildman–Crippen LogP) is 1.80. The molecule has 1 aliphatic rings. The smallest absolute Gasteiger partial charge is 0.306 e. The molecule has 0 aromatic heterocycles. The van der Waals surface area contributed by atoms with Crippen LogP contribution in [-0.2, 0) is 11.3 Å². The number of nitrogens with one attached hydrogen (secondary N) is 1. The number of imide groups is 1. The maximum Gasteiger partial charge on any atom is 0.325 e.